The molecule has 1 aliphatic rings. The van der Waals surface area contributed by atoms with Crippen molar-refractivity contribution in [2.45, 2.75) is 0 Å². The summed E-state index contributed by atoms with van der Waals surface area (Å²) in [6.07, 6.45) is 0. The third-order valence-electron chi connectivity index (χ3n) is 2.27. The minimum atomic E-state index is -0.199. The zero-order chi connectivity index (χ0) is 11.1. The van der Waals surface area contributed by atoms with Crippen LogP contribution in [0.4, 0.5) is 5.69 Å². The molecule has 16 heavy (non-hydrogen) atoms. The third-order valence-corrected chi connectivity index (χ3v) is 3.29. The summed E-state index contributed by atoms with van der Waals surface area (Å²) in [5.74, 6) is 0.331. The first-order chi connectivity index (χ1) is 7.74. The van der Waals surface area contributed by atoms with Gasteiger partial charge in [-0.2, -0.15) is 0 Å². The van der Waals surface area contributed by atoms with E-state index in [2.05, 4.69) is 5.32 Å². The summed E-state index contributed by atoms with van der Waals surface area (Å²) in [5, 5.41) is 5.85. The maximum Gasteiger partial charge on any atom is 0.259 e. The van der Waals surface area contributed by atoms with Crippen molar-refractivity contribution in [3.8, 4) is 10.8 Å². The molecule has 2 aromatic rings. The first-order valence-electron chi connectivity index (χ1n) is 4.60. The molecule has 1 aromatic carbocycles. The molecule has 1 aliphatic heterocycles. The minimum Gasteiger partial charge on any atom is -0.444 e. The van der Waals surface area contributed by atoms with Crippen LogP contribution in [0.3, 0.4) is 0 Å². The van der Waals surface area contributed by atoms with Gasteiger partial charge in [-0.25, -0.2) is 0 Å². The zero-order valence-corrected chi connectivity index (χ0v) is 9.56. The largest absolute Gasteiger partial charge is 0.444 e. The fraction of sp³-hybridized carbons (Fsp3) is 0. The van der Waals surface area contributed by atoms with Gasteiger partial charge in [-0.1, -0.05) is 11.6 Å². The van der Waals surface area contributed by atoms with Crippen molar-refractivity contribution in [2.75, 3.05) is 5.32 Å². The van der Waals surface area contributed by atoms with Gasteiger partial charge in [0.1, 0.15) is 5.75 Å². The van der Waals surface area contributed by atoms with E-state index in [0.717, 1.165) is 0 Å². The molecule has 3 nitrogen and oxygen atoms in total. The van der Waals surface area contributed by atoms with Crippen molar-refractivity contribution in [3.63, 3.8) is 0 Å². The molecule has 1 N–H and O–H groups in total. The molecule has 3 rings (SSSR count). The van der Waals surface area contributed by atoms with Gasteiger partial charge in [0.15, 0.2) is 0 Å². The predicted molar refractivity (Wildman–Crippen MR) is 63.8 cm³/mol. The average molecular weight is 252 g/mol. The molecule has 0 radical (unpaired) electrons. The highest BCUT2D eigenvalue weighted by molar-refractivity contribution is 7.12. The number of hydrogen-bond donors (Lipinski definition) is 1. The predicted octanol–water partition coefficient (Wildman–Crippen LogP) is 3.76. The maximum absolute atomic E-state index is 11.9. The summed E-state index contributed by atoms with van der Waals surface area (Å²) < 4.78 is 5.64. The van der Waals surface area contributed by atoms with Gasteiger partial charge in [0.2, 0.25) is 5.06 Å². The molecule has 0 fully saturated rings. The molecule has 0 spiro atoms. The van der Waals surface area contributed by atoms with Crippen LogP contribution in [0.25, 0.3) is 0 Å². The third kappa shape index (κ3) is 1.47. The van der Waals surface area contributed by atoms with E-state index in [0.29, 0.717) is 27.1 Å². The number of ether oxygens (including phenoxy) is 1. The van der Waals surface area contributed by atoms with Gasteiger partial charge in [0, 0.05) is 5.02 Å². The average Bonchev–Trinajstić information content (AvgIpc) is 2.63. The van der Waals surface area contributed by atoms with E-state index in [9.17, 15) is 4.79 Å². The van der Waals surface area contributed by atoms with Crippen LogP contribution in [-0.2, 0) is 0 Å². The van der Waals surface area contributed by atoms with E-state index in [1.807, 2.05) is 11.4 Å². The zero-order valence-electron chi connectivity index (χ0n) is 7.99. The Morgan fingerprint density at radius 1 is 1.31 bits per heavy atom. The second-order valence-electron chi connectivity index (χ2n) is 3.32. The number of fused-ring (bicyclic) bond motifs is 2. The molecule has 0 aliphatic carbocycles. The highest BCUT2D eigenvalue weighted by Gasteiger charge is 2.21. The van der Waals surface area contributed by atoms with Crippen LogP contribution in [-0.4, -0.2) is 5.91 Å². The Labute approximate surface area is 101 Å². The Kier molecular flexibility index (Phi) is 2.12. The lowest BCUT2D eigenvalue weighted by Crippen LogP contribution is -2.09. The minimum absolute atomic E-state index is 0.199. The summed E-state index contributed by atoms with van der Waals surface area (Å²) in [7, 11) is 0. The Hall–Kier alpha value is -1.52. The maximum atomic E-state index is 11.9. The van der Waals surface area contributed by atoms with Crippen LogP contribution < -0.4 is 10.1 Å². The Morgan fingerprint density at radius 3 is 3.06 bits per heavy atom. The molecule has 0 saturated carbocycles. The lowest BCUT2D eigenvalue weighted by Gasteiger charge is -2.04. The lowest BCUT2D eigenvalue weighted by atomic mass is 10.2. The van der Waals surface area contributed by atoms with E-state index in [-0.39, 0.29) is 5.91 Å². The Morgan fingerprint density at radius 2 is 2.19 bits per heavy atom. The first-order valence-corrected chi connectivity index (χ1v) is 5.86. The van der Waals surface area contributed by atoms with Gasteiger partial charge in [-0.15, -0.1) is 11.3 Å². The van der Waals surface area contributed by atoms with E-state index in [1.54, 1.807) is 18.2 Å². The standard InChI is InChI=1S/C11H6ClNO2S/c12-6-1-2-9-7(5-6)10(14)13-8-3-4-16-11(8)15-9/h1-5H,(H,13,14). The van der Waals surface area contributed by atoms with E-state index in [1.165, 1.54) is 11.3 Å². The number of anilines is 1. The van der Waals surface area contributed by atoms with E-state index < -0.39 is 0 Å². The summed E-state index contributed by atoms with van der Waals surface area (Å²) in [6, 6.07) is 6.81. The van der Waals surface area contributed by atoms with Gasteiger partial charge in [-0.3, -0.25) is 4.79 Å². The molecule has 1 amide bonds. The van der Waals surface area contributed by atoms with Crippen LogP contribution in [0.2, 0.25) is 5.02 Å². The number of benzene rings is 1. The lowest BCUT2D eigenvalue weighted by molar-refractivity contribution is 0.102. The van der Waals surface area contributed by atoms with Crippen LogP contribution in [0, 0.1) is 0 Å². The normalized spacial score (nSPS) is 13.2. The van der Waals surface area contributed by atoms with Gasteiger partial charge in [-0.05, 0) is 29.6 Å². The van der Waals surface area contributed by atoms with Crippen molar-refractivity contribution < 1.29 is 9.53 Å². The van der Waals surface area contributed by atoms with Crippen molar-refractivity contribution in [2.24, 2.45) is 0 Å². The molecule has 0 saturated heterocycles. The van der Waals surface area contributed by atoms with Crippen LogP contribution in [0.5, 0.6) is 10.8 Å². The van der Waals surface area contributed by atoms with E-state index >= 15 is 0 Å². The number of carbonyl (C=O) groups excluding carboxylic acids is 1. The highest BCUT2D eigenvalue weighted by Crippen LogP contribution is 2.40. The van der Waals surface area contributed by atoms with Gasteiger partial charge < -0.3 is 10.1 Å². The molecule has 80 valence electrons. The summed E-state index contributed by atoms with van der Waals surface area (Å²) in [5.41, 5.74) is 1.15. The summed E-state index contributed by atoms with van der Waals surface area (Å²) >= 11 is 7.29. The Bertz CT molecular complexity index is 579. The number of rotatable bonds is 0. The van der Waals surface area contributed by atoms with Crippen LogP contribution >= 0.6 is 22.9 Å². The molecular weight excluding hydrogens is 246 g/mol. The fourth-order valence-electron chi connectivity index (χ4n) is 1.53. The number of hydrogen-bond acceptors (Lipinski definition) is 3. The topological polar surface area (TPSA) is 38.3 Å². The molecule has 0 bridgehead atoms. The van der Waals surface area contributed by atoms with Crippen LogP contribution in [0.15, 0.2) is 29.6 Å². The molecule has 5 heteroatoms. The molecule has 0 unspecified atom stereocenters. The van der Waals surface area contributed by atoms with Gasteiger partial charge in [0.25, 0.3) is 5.91 Å². The molecule has 2 heterocycles. The van der Waals surface area contributed by atoms with Crippen molar-refractivity contribution in [3.05, 3.63) is 40.2 Å². The number of thiophene rings is 1. The van der Waals surface area contributed by atoms with Crippen LogP contribution in [0.1, 0.15) is 10.4 Å². The molecule has 1 aromatic heterocycles. The number of carbonyl (C=O) groups is 1. The first kappa shape index (κ1) is 9.69. The van der Waals surface area contributed by atoms with E-state index in [4.69, 9.17) is 16.3 Å². The Balaban J connectivity index is 2.18. The summed E-state index contributed by atoms with van der Waals surface area (Å²) in [6.45, 7) is 0. The monoisotopic (exact) mass is 251 g/mol. The quantitative estimate of drug-likeness (QED) is 0.774. The van der Waals surface area contributed by atoms with Crippen molar-refractivity contribution in [1.29, 1.82) is 0 Å². The van der Waals surface area contributed by atoms with Gasteiger partial charge >= 0.3 is 0 Å². The number of nitrogens with one attached hydrogen (secondary N) is 1. The fourth-order valence-corrected chi connectivity index (χ4v) is 2.41. The van der Waals surface area contributed by atoms with Crippen molar-refractivity contribution >= 4 is 34.5 Å². The second-order valence-corrected chi connectivity index (χ2v) is 4.63. The number of halogens is 1. The highest BCUT2D eigenvalue weighted by atomic mass is 35.5. The molecular formula is C11H6ClNO2S. The smallest absolute Gasteiger partial charge is 0.259 e. The second kappa shape index (κ2) is 3.50. The van der Waals surface area contributed by atoms with Crippen molar-refractivity contribution in [1.82, 2.24) is 0 Å². The summed E-state index contributed by atoms with van der Waals surface area (Å²) in [4.78, 5) is 11.9. The molecule has 0 atom stereocenters. The van der Waals surface area contributed by atoms with Gasteiger partial charge in [0.05, 0.1) is 11.3 Å². The SMILES string of the molecule is O=C1Nc2ccsc2Oc2ccc(Cl)cc21. The number of amides is 1.